The Morgan fingerprint density at radius 2 is 2.04 bits per heavy atom. The zero-order chi connectivity index (χ0) is 19.9. The standard InChI is InChI=1S/C22H29N3O2S/c1-25-14-6-5-8-18(25)12-10-16-7-3-4-9-19(16)24-22(28)23-17-11-13-20(26)21(15-17)27-2/h3-4,7,9,11,13,15,18,26H,5-6,8,10,12,14H2,1-2H3,(H2,23,24,28). The molecule has 1 atom stereocenters. The number of aromatic hydroxyl groups is 1. The number of nitrogens with one attached hydrogen (secondary N) is 2. The number of piperidine rings is 1. The van der Waals surface area contributed by atoms with Crippen LogP contribution in [0.2, 0.25) is 0 Å². The van der Waals surface area contributed by atoms with Crippen molar-refractivity contribution < 1.29 is 9.84 Å². The average Bonchev–Trinajstić information content (AvgIpc) is 2.70. The summed E-state index contributed by atoms with van der Waals surface area (Å²) in [6.45, 7) is 1.20. The van der Waals surface area contributed by atoms with Crippen LogP contribution in [0.3, 0.4) is 0 Å². The molecule has 0 spiro atoms. The lowest BCUT2D eigenvalue weighted by atomic mass is 9.96. The second kappa shape index (κ2) is 9.75. The van der Waals surface area contributed by atoms with Crippen molar-refractivity contribution in [3.63, 3.8) is 0 Å². The Hall–Kier alpha value is -2.31. The van der Waals surface area contributed by atoms with Gasteiger partial charge in [-0.05, 0) is 75.3 Å². The van der Waals surface area contributed by atoms with Crippen LogP contribution in [-0.4, -0.2) is 41.9 Å². The Morgan fingerprint density at radius 3 is 2.82 bits per heavy atom. The number of phenolic OH excluding ortho intramolecular Hbond substituents is 1. The minimum atomic E-state index is 0.102. The van der Waals surface area contributed by atoms with Gasteiger partial charge in [-0.25, -0.2) is 0 Å². The minimum absolute atomic E-state index is 0.102. The number of benzene rings is 2. The Balaban J connectivity index is 1.61. The number of thiocarbonyl (C=S) groups is 1. The van der Waals surface area contributed by atoms with Crippen LogP contribution in [0.5, 0.6) is 11.5 Å². The van der Waals surface area contributed by atoms with Gasteiger partial charge in [0.2, 0.25) is 0 Å². The molecule has 28 heavy (non-hydrogen) atoms. The number of nitrogens with zero attached hydrogens (tertiary/aromatic N) is 1. The SMILES string of the molecule is COc1cc(NC(=S)Nc2ccccc2CCC2CCCCN2C)ccc1O. The molecule has 1 unspecified atom stereocenters. The molecule has 2 aromatic carbocycles. The maximum Gasteiger partial charge on any atom is 0.175 e. The lowest BCUT2D eigenvalue weighted by Crippen LogP contribution is -2.36. The lowest BCUT2D eigenvalue weighted by molar-refractivity contribution is 0.176. The summed E-state index contributed by atoms with van der Waals surface area (Å²) < 4.78 is 5.15. The normalized spacial score (nSPS) is 17.1. The van der Waals surface area contributed by atoms with E-state index in [1.165, 1.54) is 38.5 Å². The quantitative estimate of drug-likeness (QED) is 0.486. The number of anilines is 2. The number of hydrogen-bond donors (Lipinski definition) is 3. The molecule has 150 valence electrons. The zero-order valence-corrected chi connectivity index (χ0v) is 17.4. The van der Waals surface area contributed by atoms with Crippen LogP contribution in [0.4, 0.5) is 11.4 Å². The molecule has 3 N–H and O–H groups in total. The van der Waals surface area contributed by atoms with E-state index in [-0.39, 0.29) is 5.75 Å². The third-order valence-corrected chi connectivity index (χ3v) is 5.58. The van der Waals surface area contributed by atoms with E-state index < -0.39 is 0 Å². The van der Waals surface area contributed by atoms with Crippen LogP contribution < -0.4 is 15.4 Å². The molecule has 5 nitrogen and oxygen atoms in total. The fraction of sp³-hybridized carbons (Fsp3) is 0.409. The first-order valence-corrected chi connectivity index (χ1v) is 10.2. The molecule has 1 saturated heterocycles. The molecule has 1 aliphatic rings. The van der Waals surface area contributed by atoms with Gasteiger partial charge in [-0.2, -0.15) is 0 Å². The summed E-state index contributed by atoms with van der Waals surface area (Å²) in [6.07, 6.45) is 6.11. The molecule has 0 aromatic heterocycles. The van der Waals surface area contributed by atoms with E-state index in [4.69, 9.17) is 17.0 Å². The third-order valence-electron chi connectivity index (χ3n) is 5.37. The van der Waals surface area contributed by atoms with Crippen molar-refractivity contribution in [2.45, 2.75) is 38.1 Å². The van der Waals surface area contributed by atoms with E-state index in [1.807, 2.05) is 6.07 Å². The fourth-order valence-electron chi connectivity index (χ4n) is 3.73. The highest BCUT2D eigenvalue weighted by molar-refractivity contribution is 7.80. The number of likely N-dealkylation sites (tertiary alicyclic amines) is 1. The van der Waals surface area contributed by atoms with Gasteiger partial charge in [-0.15, -0.1) is 0 Å². The first-order chi connectivity index (χ1) is 13.6. The number of para-hydroxylation sites is 1. The summed E-state index contributed by atoms with van der Waals surface area (Å²) in [6, 6.07) is 14.0. The number of rotatable bonds is 6. The van der Waals surface area contributed by atoms with Gasteiger partial charge in [0, 0.05) is 23.5 Å². The van der Waals surface area contributed by atoms with Crippen LogP contribution >= 0.6 is 12.2 Å². The zero-order valence-electron chi connectivity index (χ0n) is 16.6. The number of aryl methyl sites for hydroxylation is 1. The highest BCUT2D eigenvalue weighted by Crippen LogP contribution is 2.29. The van der Waals surface area contributed by atoms with Gasteiger partial charge in [0.1, 0.15) is 0 Å². The van der Waals surface area contributed by atoms with Crippen LogP contribution in [-0.2, 0) is 6.42 Å². The summed E-state index contributed by atoms with van der Waals surface area (Å²) in [7, 11) is 3.76. The Morgan fingerprint density at radius 1 is 1.21 bits per heavy atom. The second-order valence-electron chi connectivity index (χ2n) is 7.29. The number of hydrogen-bond acceptors (Lipinski definition) is 4. The van der Waals surface area contributed by atoms with Gasteiger partial charge >= 0.3 is 0 Å². The Kier molecular flexibility index (Phi) is 7.12. The largest absolute Gasteiger partial charge is 0.504 e. The molecular formula is C22H29N3O2S. The van der Waals surface area contributed by atoms with Crippen molar-refractivity contribution in [3.05, 3.63) is 48.0 Å². The maximum absolute atomic E-state index is 9.72. The summed E-state index contributed by atoms with van der Waals surface area (Å²) in [5, 5.41) is 16.7. The van der Waals surface area contributed by atoms with E-state index >= 15 is 0 Å². The van der Waals surface area contributed by atoms with Crippen molar-refractivity contribution in [1.29, 1.82) is 0 Å². The van der Waals surface area contributed by atoms with Crippen LogP contribution in [0, 0.1) is 0 Å². The van der Waals surface area contributed by atoms with Gasteiger partial charge in [0.25, 0.3) is 0 Å². The van der Waals surface area contributed by atoms with Crippen molar-refractivity contribution in [2.75, 3.05) is 31.3 Å². The van der Waals surface area contributed by atoms with Gasteiger partial charge in [0.15, 0.2) is 16.6 Å². The molecular weight excluding hydrogens is 370 g/mol. The molecule has 1 heterocycles. The molecule has 1 fully saturated rings. The van der Waals surface area contributed by atoms with Gasteiger partial charge in [-0.1, -0.05) is 24.6 Å². The van der Waals surface area contributed by atoms with Gasteiger partial charge < -0.3 is 25.4 Å². The van der Waals surface area contributed by atoms with E-state index in [0.717, 1.165) is 24.2 Å². The van der Waals surface area contributed by atoms with E-state index in [2.05, 4.69) is 40.8 Å². The molecule has 1 aliphatic heterocycles. The molecule has 2 aromatic rings. The lowest BCUT2D eigenvalue weighted by Gasteiger charge is -2.32. The molecule has 0 aliphatic carbocycles. The van der Waals surface area contributed by atoms with Crippen molar-refractivity contribution in [3.8, 4) is 11.5 Å². The number of phenols is 1. The van der Waals surface area contributed by atoms with Gasteiger partial charge in [0.05, 0.1) is 7.11 Å². The van der Waals surface area contributed by atoms with E-state index in [9.17, 15) is 5.11 Å². The molecule has 0 amide bonds. The highest BCUT2D eigenvalue weighted by atomic mass is 32.1. The summed E-state index contributed by atoms with van der Waals surface area (Å²) in [4.78, 5) is 2.49. The predicted molar refractivity (Wildman–Crippen MR) is 120 cm³/mol. The van der Waals surface area contributed by atoms with E-state index in [1.54, 1.807) is 18.2 Å². The maximum atomic E-state index is 9.72. The smallest absolute Gasteiger partial charge is 0.175 e. The minimum Gasteiger partial charge on any atom is -0.504 e. The summed E-state index contributed by atoms with van der Waals surface area (Å²) in [5.74, 6) is 0.509. The fourth-order valence-corrected chi connectivity index (χ4v) is 3.96. The summed E-state index contributed by atoms with van der Waals surface area (Å²) in [5.41, 5.74) is 3.06. The Labute approximate surface area is 172 Å². The third kappa shape index (κ3) is 5.36. The molecule has 3 rings (SSSR count). The monoisotopic (exact) mass is 399 g/mol. The first-order valence-electron chi connectivity index (χ1n) is 9.80. The van der Waals surface area contributed by atoms with Crippen molar-refractivity contribution in [1.82, 2.24) is 4.90 Å². The average molecular weight is 400 g/mol. The van der Waals surface area contributed by atoms with Gasteiger partial charge in [-0.3, -0.25) is 0 Å². The summed E-state index contributed by atoms with van der Waals surface area (Å²) >= 11 is 5.48. The predicted octanol–water partition coefficient (Wildman–Crippen LogP) is 4.63. The van der Waals surface area contributed by atoms with Crippen molar-refractivity contribution >= 4 is 28.7 Å². The molecule has 0 radical (unpaired) electrons. The first kappa shape index (κ1) is 20.4. The highest BCUT2D eigenvalue weighted by Gasteiger charge is 2.19. The molecule has 6 heteroatoms. The molecule has 0 saturated carbocycles. The Bertz CT molecular complexity index is 812. The van der Waals surface area contributed by atoms with Crippen LogP contribution in [0.1, 0.15) is 31.2 Å². The van der Waals surface area contributed by atoms with Crippen LogP contribution in [0.25, 0.3) is 0 Å². The van der Waals surface area contributed by atoms with E-state index in [0.29, 0.717) is 16.9 Å². The molecule has 0 bridgehead atoms. The van der Waals surface area contributed by atoms with Crippen molar-refractivity contribution in [2.24, 2.45) is 0 Å². The number of ether oxygens (including phenoxy) is 1. The second-order valence-corrected chi connectivity index (χ2v) is 7.70. The topological polar surface area (TPSA) is 56.8 Å². The van der Waals surface area contributed by atoms with Crippen LogP contribution in [0.15, 0.2) is 42.5 Å². The number of methoxy groups -OCH3 is 1.